The SMILES string of the molecule is CCn1c(SCc2nc3ccccc3n2Cc2ccccc2)nc2ccccc21. The number of rotatable bonds is 6. The van der Waals surface area contributed by atoms with E-state index < -0.39 is 0 Å². The molecule has 0 aliphatic rings. The molecule has 5 rings (SSSR count). The number of thioether (sulfide) groups is 1. The van der Waals surface area contributed by atoms with Gasteiger partial charge in [0, 0.05) is 13.1 Å². The van der Waals surface area contributed by atoms with Gasteiger partial charge in [0.2, 0.25) is 0 Å². The number of aromatic nitrogens is 4. The normalized spacial score (nSPS) is 11.5. The third-order valence-corrected chi connectivity index (χ3v) is 6.16. The molecule has 0 aliphatic carbocycles. The van der Waals surface area contributed by atoms with Crippen molar-refractivity contribution >= 4 is 33.8 Å². The molecule has 0 radical (unpaired) electrons. The van der Waals surface area contributed by atoms with Crippen molar-refractivity contribution in [2.24, 2.45) is 0 Å². The van der Waals surface area contributed by atoms with Crippen LogP contribution in [0.5, 0.6) is 0 Å². The van der Waals surface area contributed by atoms with Crippen LogP contribution in [0.2, 0.25) is 0 Å². The van der Waals surface area contributed by atoms with Crippen molar-refractivity contribution in [3.8, 4) is 0 Å². The van der Waals surface area contributed by atoms with Gasteiger partial charge in [0.25, 0.3) is 0 Å². The topological polar surface area (TPSA) is 35.6 Å². The Morgan fingerprint density at radius 2 is 1.34 bits per heavy atom. The number of fused-ring (bicyclic) bond motifs is 2. The van der Waals surface area contributed by atoms with Crippen molar-refractivity contribution in [3.63, 3.8) is 0 Å². The van der Waals surface area contributed by atoms with Gasteiger partial charge in [-0.15, -0.1) is 0 Å². The molecule has 0 unspecified atom stereocenters. The quantitative estimate of drug-likeness (QED) is 0.342. The molecule has 5 heteroatoms. The number of hydrogen-bond donors (Lipinski definition) is 0. The first-order chi connectivity index (χ1) is 14.3. The van der Waals surface area contributed by atoms with E-state index >= 15 is 0 Å². The number of imidazole rings is 2. The molecule has 4 nitrogen and oxygen atoms in total. The number of para-hydroxylation sites is 4. The summed E-state index contributed by atoms with van der Waals surface area (Å²) in [5.41, 5.74) is 5.74. The van der Waals surface area contributed by atoms with Crippen LogP contribution in [0.4, 0.5) is 0 Å². The highest BCUT2D eigenvalue weighted by Gasteiger charge is 2.14. The number of benzene rings is 3. The molecule has 3 aromatic carbocycles. The van der Waals surface area contributed by atoms with E-state index in [1.54, 1.807) is 11.8 Å². The van der Waals surface area contributed by atoms with E-state index in [0.717, 1.165) is 40.9 Å². The second kappa shape index (κ2) is 7.76. The summed E-state index contributed by atoms with van der Waals surface area (Å²) in [6, 6.07) is 27.3. The standard InChI is InChI=1S/C24H22N4S/c1-2-27-21-14-8-7-13-20(21)26-24(27)29-17-23-25-19-12-6-9-15-22(19)28(23)16-18-10-4-3-5-11-18/h3-15H,2,16-17H2,1H3. The maximum absolute atomic E-state index is 4.94. The molecule has 0 fully saturated rings. The van der Waals surface area contributed by atoms with Crippen LogP contribution < -0.4 is 0 Å². The van der Waals surface area contributed by atoms with Crippen LogP contribution in [-0.4, -0.2) is 19.1 Å². The fourth-order valence-corrected chi connectivity index (χ4v) is 4.80. The Balaban J connectivity index is 1.50. The molecule has 0 atom stereocenters. The van der Waals surface area contributed by atoms with E-state index in [-0.39, 0.29) is 0 Å². The zero-order valence-corrected chi connectivity index (χ0v) is 17.1. The van der Waals surface area contributed by atoms with Gasteiger partial charge in [-0.2, -0.15) is 0 Å². The second-order valence-electron chi connectivity index (χ2n) is 7.00. The van der Waals surface area contributed by atoms with Gasteiger partial charge in [-0.05, 0) is 36.8 Å². The molecule has 2 heterocycles. The summed E-state index contributed by atoms with van der Waals surface area (Å²) in [5, 5.41) is 1.05. The summed E-state index contributed by atoms with van der Waals surface area (Å²) < 4.78 is 4.61. The van der Waals surface area contributed by atoms with Crippen molar-refractivity contribution in [2.45, 2.75) is 30.9 Å². The second-order valence-corrected chi connectivity index (χ2v) is 7.95. The lowest BCUT2D eigenvalue weighted by molar-refractivity contribution is 0.701. The maximum Gasteiger partial charge on any atom is 0.169 e. The van der Waals surface area contributed by atoms with E-state index in [9.17, 15) is 0 Å². The van der Waals surface area contributed by atoms with Crippen molar-refractivity contribution in [2.75, 3.05) is 0 Å². The van der Waals surface area contributed by atoms with Crippen LogP contribution in [0.1, 0.15) is 18.3 Å². The minimum Gasteiger partial charge on any atom is -0.323 e. The lowest BCUT2D eigenvalue weighted by Crippen LogP contribution is -2.05. The molecule has 0 N–H and O–H groups in total. The Morgan fingerprint density at radius 1 is 0.724 bits per heavy atom. The highest BCUT2D eigenvalue weighted by molar-refractivity contribution is 7.98. The largest absolute Gasteiger partial charge is 0.323 e. The minimum atomic E-state index is 0.783. The van der Waals surface area contributed by atoms with Gasteiger partial charge in [-0.3, -0.25) is 0 Å². The Kier molecular flexibility index (Phi) is 4.82. The van der Waals surface area contributed by atoms with E-state index in [4.69, 9.17) is 9.97 Å². The van der Waals surface area contributed by atoms with E-state index in [2.05, 4.69) is 88.9 Å². The van der Waals surface area contributed by atoms with Crippen LogP contribution in [0.15, 0.2) is 84.0 Å². The lowest BCUT2D eigenvalue weighted by atomic mass is 10.2. The zero-order chi connectivity index (χ0) is 19.6. The fraction of sp³-hybridized carbons (Fsp3) is 0.167. The summed E-state index contributed by atoms with van der Waals surface area (Å²) in [6.45, 7) is 3.90. The van der Waals surface area contributed by atoms with Gasteiger partial charge in [0.15, 0.2) is 5.16 Å². The van der Waals surface area contributed by atoms with Crippen molar-refractivity contribution in [3.05, 3.63) is 90.3 Å². The Labute approximate surface area is 174 Å². The van der Waals surface area contributed by atoms with Gasteiger partial charge >= 0.3 is 0 Å². The van der Waals surface area contributed by atoms with Gasteiger partial charge in [0.05, 0.1) is 27.8 Å². The molecule has 0 bridgehead atoms. The highest BCUT2D eigenvalue weighted by Crippen LogP contribution is 2.28. The minimum absolute atomic E-state index is 0.783. The molecule has 5 aromatic rings. The summed E-state index contributed by atoms with van der Waals surface area (Å²) in [4.78, 5) is 9.79. The van der Waals surface area contributed by atoms with Crippen molar-refractivity contribution < 1.29 is 0 Å². The smallest absolute Gasteiger partial charge is 0.169 e. The molecular weight excluding hydrogens is 376 g/mol. The summed E-state index contributed by atoms with van der Waals surface area (Å²) in [7, 11) is 0. The van der Waals surface area contributed by atoms with Gasteiger partial charge in [0.1, 0.15) is 5.82 Å². The van der Waals surface area contributed by atoms with E-state index in [0.29, 0.717) is 0 Å². The Hall–Kier alpha value is -3.05. The van der Waals surface area contributed by atoms with Crippen molar-refractivity contribution in [1.82, 2.24) is 19.1 Å². The number of hydrogen-bond acceptors (Lipinski definition) is 3. The summed E-state index contributed by atoms with van der Waals surface area (Å²) in [6.07, 6.45) is 0. The molecule has 144 valence electrons. The highest BCUT2D eigenvalue weighted by atomic mass is 32.2. The van der Waals surface area contributed by atoms with Crippen LogP contribution in [-0.2, 0) is 18.8 Å². The summed E-state index contributed by atoms with van der Waals surface area (Å²) >= 11 is 1.76. The van der Waals surface area contributed by atoms with Gasteiger partial charge in [-0.25, -0.2) is 9.97 Å². The van der Waals surface area contributed by atoms with Gasteiger partial charge < -0.3 is 9.13 Å². The predicted molar refractivity (Wildman–Crippen MR) is 120 cm³/mol. The first-order valence-electron chi connectivity index (χ1n) is 9.89. The molecular formula is C24H22N4S. The third kappa shape index (κ3) is 3.42. The molecule has 29 heavy (non-hydrogen) atoms. The third-order valence-electron chi connectivity index (χ3n) is 5.18. The summed E-state index contributed by atoms with van der Waals surface area (Å²) in [5.74, 6) is 1.86. The lowest BCUT2D eigenvalue weighted by Gasteiger charge is -2.10. The predicted octanol–water partition coefficient (Wildman–Crippen LogP) is 5.75. The molecule has 0 aliphatic heterocycles. The van der Waals surface area contributed by atoms with Crippen molar-refractivity contribution in [1.29, 1.82) is 0 Å². The van der Waals surface area contributed by atoms with E-state index in [1.807, 2.05) is 6.07 Å². The average molecular weight is 399 g/mol. The molecule has 2 aromatic heterocycles. The van der Waals surface area contributed by atoms with Gasteiger partial charge in [-0.1, -0.05) is 66.4 Å². The molecule has 0 amide bonds. The zero-order valence-electron chi connectivity index (χ0n) is 16.3. The maximum atomic E-state index is 4.94. The van der Waals surface area contributed by atoms with Crippen LogP contribution in [0, 0.1) is 0 Å². The Bertz CT molecular complexity index is 1270. The number of nitrogens with zero attached hydrogens (tertiary/aromatic N) is 4. The molecule has 0 saturated heterocycles. The Morgan fingerprint density at radius 3 is 2.07 bits per heavy atom. The molecule has 0 saturated carbocycles. The van der Waals surface area contributed by atoms with E-state index in [1.165, 1.54) is 16.6 Å². The van der Waals surface area contributed by atoms with Crippen LogP contribution in [0.3, 0.4) is 0 Å². The first-order valence-corrected chi connectivity index (χ1v) is 10.9. The monoisotopic (exact) mass is 398 g/mol. The fourth-order valence-electron chi connectivity index (χ4n) is 3.78. The average Bonchev–Trinajstić information content (AvgIpc) is 3.30. The number of aryl methyl sites for hydroxylation is 1. The van der Waals surface area contributed by atoms with Crippen LogP contribution >= 0.6 is 11.8 Å². The first kappa shape index (κ1) is 18.0. The molecule has 0 spiro atoms. The van der Waals surface area contributed by atoms with Crippen LogP contribution in [0.25, 0.3) is 22.1 Å².